The lowest BCUT2D eigenvalue weighted by Gasteiger charge is -2.15. The molecule has 0 aromatic carbocycles. The van der Waals surface area contributed by atoms with Crippen LogP contribution in [0.5, 0.6) is 0 Å². The molecule has 0 amide bonds. The third-order valence-electron chi connectivity index (χ3n) is 2.63. The van der Waals surface area contributed by atoms with Gasteiger partial charge in [0.2, 0.25) is 5.65 Å². The van der Waals surface area contributed by atoms with E-state index in [1.807, 2.05) is 0 Å². The maximum Gasteiger partial charge on any atom is 0.206 e. The standard InChI is InChI=1S/C8H11N7/c9-5-1-2-15(3-5)8-6-7(10-4-11-8)13-14-12-6/h4-5H,1-3,9H2,(H,10,11,12,13,14)/t5-/m0/s1. The van der Waals surface area contributed by atoms with E-state index in [0.717, 1.165) is 25.3 Å². The number of nitrogens with zero attached hydrogens (tertiary/aromatic N) is 5. The minimum atomic E-state index is 0.224. The maximum atomic E-state index is 5.85. The highest BCUT2D eigenvalue weighted by Gasteiger charge is 2.23. The molecule has 7 heteroatoms. The number of rotatable bonds is 1. The monoisotopic (exact) mass is 205 g/mol. The molecule has 3 N–H and O–H groups in total. The zero-order valence-corrected chi connectivity index (χ0v) is 8.09. The number of fused-ring (bicyclic) bond motifs is 1. The molecular formula is C8H11N7. The lowest BCUT2D eigenvalue weighted by atomic mass is 10.3. The van der Waals surface area contributed by atoms with Crippen LogP contribution in [0.2, 0.25) is 0 Å². The van der Waals surface area contributed by atoms with E-state index >= 15 is 0 Å². The molecule has 2 aromatic rings. The average Bonchev–Trinajstić information content (AvgIpc) is 2.84. The summed E-state index contributed by atoms with van der Waals surface area (Å²) in [6.07, 6.45) is 2.49. The van der Waals surface area contributed by atoms with E-state index in [-0.39, 0.29) is 6.04 Å². The van der Waals surface area contributed by atoms with Crippen LogP contribution in [-0.2, 0) is 0 Å². The third-order valence-corrected chi connectivity index (χ3v) is 2.63. The van der Waals surface area contributed by atoms with Gasteiger partial charge in [-0.2, -0.15) is 10.3 Å². The van der Waals surface area contributed by atoms with E-state index in [1.165, 1.54) is 6.33 Å². The van der Waals surface area contributed by atoms with Crippen LogP contribution in [0.3, 0.4) is 0 Å². The quantitative estimate of drug-likeness (QED) is 0.638. The minimum absolute atomic E-state index is 0.224. The van der Waals surface area contributed by atoms with Crippen molar-refractivity contribution in [3.8, 4) is 0 Å². The molecule has 0 aliphatic carbocycles. The van der Waals surface area contributed by atoms with Crippen molar-refractivity contribution in [1.82, 2.24) is 25.4 Å². The summed E-state index contributed by atoms with van der Waals surface area (Å²) < 4.78 is 0. The molecule has 2 aromatic heterocycles. The SMILES string of the molecule is N[C@H]1CCN(c2ncnc3n[nH]nc23)C1. The van der Waals surface area contributed by atoms with Crippen LogP contribution in [-0.4, -0.2) is 44.5 Å². The van der Waals surface area contributed by atoms with Crippen LogP contribution in [0.4, 0.5) is 5.82 Å². The molecule has 1 fully saturated rings. The Kier molecular flexibility index (Phi) is 1.78. The molecule has 1 atom stereocenters. The molecule has 0 spiro atoms. The number of hydrogen-bond donors (Lipinski definition) is 2. The largest absolute Gasteiger partial charge is 0.353 e. The van der Waals surface area contributed by atoms with Crippen LogP contribution in [0.1, 0.15) is 6.42 Å². The van der Waals surface area contributed by atoms with Gasteiger partial charge in [0.15, 0.2) is 11.3 Å². The van der Waals surface area contributed by atoms with Gasteiger partial charge in [-0.1, -0.05) is 0 Å². The zero-order chi connectivity index (χ0) is 10.3. The molecule has 0 bridgehead atoms. The van der Waals surface area contributed by atoms with Crippen molar-refractivity contribution < 1.29 is 0 Å². The van der Waals surface area contributed by atoms with E-state index in [4.69, 9.17) is 5.73 Å². The van der Waals surface area contributed by atoms with Gasteiger partial charge < -0.3 is 10.6 Å². The van der Waals surface area contributed by atoms with Gasteiger partial charge in [-0.25, -0.2) is 9.97 Å². The van der Waals surface area contributed by atoms with Gasteiger partial charge in [-0.05, 0) is 6.42 Å². The highest BCUT2D eigenvalue weighted by atomic mass is 15.4. The lowest BCUT2D eigenvalue weighted by molar-refractivity contribution is 0.751. The highest BCUT2D eigenvalue weighted by Crippen LogP contribution is 2.22. The highest BCUT2D eigenvalue weighted by molar-refractivity contribution is 5.82. The van der Waals surface area contributed by atoms with Gasteiger partial charge in [0, 0.05) is 19.1 Å². The number of nitrogens with two attached hydrogens (primary N) is 1. The van der Waals surface area contributed by atoms with Crippen molar-refractivity contribution in [3.63, 3.8) is 0 Å². The molecule has 1 aliphatic rings. The molecule has 0 unspecified atom stereocenters. The fourth-order valence-electron chi connectivity index (χ4n) is 1.88. The Hall–Kier alpha value is -1.76. The van der Waals surface area contributed by atoms with Crippen LogP contribution >= 0.6 is 0 Å². The summed E-state index contributed by atoms with van der Waals surface area (Å²) in [5.41, 5.74) is 7.17. The number of H-pyrrole nitrogens is 1. The first-order valence-electron chi connectivity index (χ1n) is 4.86. The number of hydrogen-bond acceptors (Lipinski definition) is 6. The van der Waals surface area contributed by atoms with Crippen molar-refractivity contribution in [2.24, 2.45) is 5.73 Å². The molecule has 3 rings (SSSR count). The van der Waals surface area contributed by atoms with Crippen molar-refractivity contribution in [3.05, 3.63) is 6.33 Å². The summed E-state index contributed by atoms with van der Waals surface area (Å²) in [5.74, 6) is 0.821. The van der Waals surface area contributed by atoms with Gasteiger partial charge in [0.25, 0.3) is 0 Å². The number of anilines is 1. The summed E-state index contributed by atoms with van der Waals surface area (Å²) in [6.45, 7) is 1.74. The Bertz CT molecular complexity index is 479. The fraction of sp³-hybridized carbons (Fsp3) is 0.500. The molecule has 78 valence electrons. The van der Waals surface area contributed by atoms with Gasteiger partial charge >= 0.3 is 0 Å². The summed E-state index contributed by atoms with van der Waals surface area (Å²) in [4.78, 5) is 10.4. The van der Waals surface area contributed by atoms with Crippen molar-refractivity contribution in [2.45, 2.75) is 12.5 Å². The Labute approximate surface area is 85.7 Å². The number of aromatic amines is 1. The normalized spacial score (nSPS) is 21.4. The van der Waals surface area contributed by atoms with Gasteiger partial charge in [-0.15, -0.1) is 5.10 Å². The maximum absolute atomic E-state index is 5.85. The first-order valence-corrected chi connectivity index (χ1v) is 4.86. The third kappa shape index (κ3) is 1.32. The van der Waals surface area contributed by atoms with Gasteiger partial charge in [0.1, 0.15) is 6.33 Å². The predicted molar refractivity (Wildman–Crippen MR) is 54.3 cm³/mol. The molecule has 7 nitrogen and oxygen atoms in total. The molecule has 3 heterocycles. The smallest absolute Gasteiger partial charge is 0.206 e. The van der Waals surface area contributed by atoms with E-state index < -0.39 is 0 Å². The van der Waals surface area contributed by atoms with Crippen LogP contribution < -0.4 is 10.6 Å². The minimum Gasteiger partial charge on any atom is -0.353 e. The van der Waals surface area contributed by atoms with E-state index in [2.05, 4.69) is 30.3 Å². The Balaban J connectivity index is 2.06. The second-order valence-corrected chi connectivity index (χ2v) is 3.69. The van der Waals surface area contributed by atoms with Crippen LogP contribution in [0.25, 0.3) is 11.2 Å². The topological polar surface area (TPSA) is 96.6 Å². The van der Waals surface area contributed by atoms with Crippen molar-refractivity contribution >= 4 is 17.0 Å². The summed E-state index contributed by atoms with van der Waals surface area (Å²) in [7, 11) is 0. The van der Waals surface area contributed by atoms with E-state index in [9.17, 15) is 0 Å². The molecule has 15 heavy (non-hydrogen) atoms. The van der Waals surface area contributed by atoms with Crippen molar-refractivity contribution in [1.29, 1.82) is 0 Å². The van der Waals surface area contributed by atoms with E-state index in [1.54, 1.807) is 0 Å². The molecule has 1 aliphatic heterocycles. The molecule has 0 saturated carbocycles. The summed E-state index contributed by atoms with van der Waals surface area (Å²) >= 11 is 0. The summed E-state index contributed by atoms with van der Waals surface area (Å²) in [6, 6.07) is 0.224. The molecule has 0 radical (unpaired) electrons. The molecule has 1 saturated heterocycles. The Morgan fingerprint density at radius 3 is 3.13 bits per heavy atom. The second kappa shape index (κ2) is 3.13. The lowest BCUT2D eigenvalue weighted by Crippen LogP contribution is -2.27. The summed E-state index contributed by atoms with van der Waals surface area (Å²) in [5, 5.41) is 10.5. The fourth-order valence-corrected chi connectivity index (χ4v) is 1.88. The number of aromatic nitrogens is 5. The Morgan fingerprint density at radius 1 is 1.40 bits per heavy atom. The first-order chi connectivity index (χ1) is 7.34. The average molecular weight is 205 g/mol. The van der Waals surface area contributed by atoms with E-state index in [0.29, 0.717) is 11.2 Å². The van der Waals surface area contributed by atoms with Gasteiger partial charge in [0.05, 0.1) is 0 Å². The second-order valence-electron chi connectivity index (χ2n) is 3.69. The number of nitrogens with one attached hydrogen (secondary N) is 1. The molecular weight excluding hydrogens is 194 g/mol. The predicted octanol–water partition coefficient (Wildman–Crippen LogP) is -0.715. The van der Waals surface area contributed by atoms with Crippen LogP contribution in [0.15, 0.2) is 6.33 Å². The van der Waals surface area contributed by atoms with Gasteiger partial charge in [-0.3, -0.25) is 0 Å². The zero-order valence-electron chi connectivity index (χ0n) is 8.09. The van der Waals surface area contributed by atoms with Crippen molar-refractivity contribution in [2.75, 3.05) is 18.0 Å². The Morgan fingerprint density at radius 2 is 2.33 bits per heavy atom. The first kappa shape index (κ1) is 8.54. The van der Waals surface area contributed by atoms with Crippen LogP contribution in [0, 0.1) is 0 Å².